The molecule has 2 atom stereocenters. The Balaban J connectivity index is 4.34. The number of ether oxygens (including phenoxy) is 3. The van der Waals surface area contributed by atoms with Crippen LogP contribution < -0.4 is 5.11 Å². The molecule has 0 aliphatic rings. The number of likely N-dealkylation sites (N-methyl/N-ethyl adjacent to an activating group) is 1. The number of hydrogen-bond donors (Lipinski definition) is 0. The van der Waals surface area contributed by atoms with Crippen LogP contribution in [0.3, 0.4) is 0 Å². The molecule has 300 valence electrons. The molecule has 8 nitrogen and oxygen atoms in total. The van der Waals surface area contributed by atoms with Crippen molar-refractivity contribution < 1.29 is 38.2 Å². The molecule has 0 aromatic carbocycles. The van der Waals surface area contributed by atoms with E-state index in [2.05, 4.69) is 86.8 Å². The lowest BCUT2D eigenvalue weighted by molar-refractivity contribution is -0.889. The zero-order valence-electron chi connectivity index (χ0n) is 33.9. The van der Waals surface area contributed by atoms with E-state index in [4.69, 9.17) is 14.2 Å². The van der Waals surface area contributed by atoms with Crippen molar-refractivity contribution in [3.63, 3.8) is 0 Å². The van der Waals surface area contributed by atoms with E-state index in [1.54, 1.807) is 21.1 Å². The van der Waals surface area contributed by atoms with E-state index in [0.717, 1.165) is 83.5 Å². The van der Waals surface area contributed by atoms with Crippen LogP contribution >= 0.6 is 0 Å². The quantitative estimate of drug-likeness (QED) is 0.0281. The van der Waals surface area contributed by atoms with Crippen LogP contribution in [0.25, 0.3) is 0 Å². The van der Waals surface area contributed by atoms with Gasteiger partial charge in [-0.05, 0) is 70.6 Å². The number of nitrogens with zero attached hydrogens (tertiary/aromatic N) is 1. The monoisotopic (exact) mass is 740 g/mol. The molecular weight excluding hydrogens is 666 g/mol. The van der Waals surface area contributed by atoms with Crippen LogP contribution in [-0.2, 0) is 28.6 Å². The summed E-state index contributed by atoms with van der Waals surface area (Å²) in [6.45, 7) is 4.28. The van der Waals surface area contributed by atoms with E-state index >= 15 is 0 Å². The first-order chi connectivity index (χ1) is 25.6. The molecule has 0 fully saturated rings. The van der Waals surface area contributed by atoms with E-state index in [1.807, 2.05) is 12.2 Å². The molecule has 0 N–H and O–H groups in total. The van der Waals surface area contributed by atoms with Crippen molar-refractivity contribution in [1.82, 2.24) is 0 Å². The molecule has 2 unspecified atom stereocenters. The molecule has 0 amide bonds. The van der Waals surface area contributed by atoms with Gasteiger partial charge in [-0.2, -0.15) is 0 Å². The van der Waals surface area contributed by atoms with E-state index in [9.17, 15) is 19.5 Å². The summed E-state index contributed by atoms with van der Waals surface area (Å²) in [7, 11) is 5.36. The first-order valence-corrected chi connectivity index (χ1v) is 20.1. The number of rotatable bonds is 34. The Bertz CT molecular complexity index is 1140. The number of hydrogen-bond acceptors (Lipinski definition) is 7. The van der Waals surface area contributed by atoms with Crippen molar-refractivity contribution in [1.29, 1.82) is 0 Å². The van der Waals surface area contributed by atoms with Gasteiger partial charge in [0.05, 0.1) is 40.3 Å². The first kappa shape index (κ1) is 49.5. The van der Waals surface area contributed by atoms with Crippen LogP contribution in [0, 0.1) is 0 Å². The number of unbranched alkanes of at least 4 members (excludes halogenated alkanes) is 6. The first-order valence-electron chi connectivity index (χ1n) is 20.1. The maximum absolute atomic E-state index is 12.6. The van der Waals surface area contributed by atoms with E-state index in [0.29, 0.717) is 6.42 Å². The Kier molecular flexibility index (Phi) is 33.2. The Morgan fingerprint density at radius 3 is 1.55 bits per heavy atom. The molecule has 0 radical (unpaired) electrons. The number of carbonyl (C=O) groups is 3. The van der Waals surface area contributed by atoms with Gasteiger partial charge in [-0.3, -0.25) is 9.59 Å². The Morgan fingerprint density at radius 2 is 1.04 bits per heavy atom. The number of aliphatic carboxylic acids is 1. The Morgan fingerprint density at radius 1 is 0.566 bits per heavy atom. The molecule has 0 rings (SSSR count). The summed E-state index contributed by atoms with van der Waals surface area (Å²) in [5.41, 5.74) is 0. The highest BCUT2D eigenvalue weighted by Gasteiger charge is 2.25. The van der Waals surface area contributed by atoms with Crippen molar-refractivity contribution in [3.8, 4) is 0 Å². The third-order valence-corrected chi connectivity index (χ3v) is 8.29. The lowest BCUT2D eigenvalue weighted by Gasteiger charge is -2.34. The highest BCUT2D eigenvalue weighted by atomic mass is 16.6. The van der Waals surface area contributed by atoms with Gasteiger partial charge < -0.3 is 28.6 Å². The SMILES string of the molecule is CC/C=C/C/C=C/C/C=C/C/C=C/C/C=C/CCCCCCCCC(=O)OC(COCCC(C(=O)[O-])[N+](C)(C)C)COC(=O)CC/C=C/C/C=C/CC. The number of allylic oxidation sites excluding steroid dienone is 14. The maximum Gasteiger partial charge on any atom is 0.306 e. The maximum atomic E-state index is 12.6. The van der Waals surface area contributed by atoms with Crippen molar-refractivity contribution >= 4 is 17.9 Å². The molecule has 0 aromatic heterocycles. The molecule has 0 aromatic rings. The predicted molar refractivity (Wildman–Crippen MR) is 217 cm³/mol. The summed E-state index contributed by atoms with van der Waals surface area (Å²) in [5, 5.41) is 11.6. The summed E-state index contributed by atoms with van der Waals surface area (Å²) in [6, 6.07) is -0.739. The van der Waals surface area contributed by atoms with Crippen LogP contribution in [-0.4, -0.2) is 75.5 Å². The third-order valence-electron chi connectivity index (χ3n) is 8.29. The second-order valence-electron chi connectivity index (χ2n) is 14.1. The van der Waals surface area contributed by atoms with Gasteiger partial charge in [0.2, 0.25) is 0 Å². The van der Waals surface area contributed by atoms with Gasteiger partial charge in [0, 0.05) is 19.3 Å². The minimum atomic E-state index is -1.14. The zero-order valence-corrected chi connectivity index (χ0v) is 33.9. The predicted octanol–water partition coefficient (Wildman–Crippen LogP) is 9.24. The average Bonchev–Trinajstić information content (AvgIpc) is 3.11. The fourth-order valence-electron chi connectivity index (χ4n) is 5.21. The van der Waals surface area contributed by atoms with E-state index < -0.39 is 18.1 Å². The van der Waals surface area contributed by atoms with Gasteiger partial charge in [0.1, 0.15) is 12.6 Å². The van der Waals surface area contributed by atoms with Gasteiger partial charge in [-0.25, -0.2) is 0 Å². The fraction of sp³-hybridized carbons (Fsp3) is 0.622. The molecule has 8 heteroatoms. The lowest BCUT2D eigenvalue weighted by atomic mass is 10.1. The molecule has 0 bridgehead atoms. The van der Waals surface area contributed by atoms with Gasteiger partial charge in [0.15, 0.2) is 6.10 Å². The molecule has 0 spiro atoms. The summed E-state index contributed by atoms with van der Waals surface area (Å²) < 4.78 is 16.9. The molecule has 0 aliphatic carbocycles. The van der Waals surface area contributed by atoms with Crippen molar-refractivity contribution in [3.05, 3.63) is 85.1 Å². The van der Waals surface area contributed by atoms with Crippen molar-refractivity contribution in [2.24, 2.45) is 0 Å². The number of carboxylic acids is 1. The summed E-state index contributed by atoms with van der Waals surface area (Å²) in [4.78, 5) is 36.5. The van der Waals surface area contributed by atoms with Crippen LogP contribution in [0.2, 0.25) is 0 Å². The third kappa shape index (κ3) is 34.1. The fourth-order valence-corrected chi connectivity index (χ4v) is 5.21. The zero-order chi connectivity index (χ0) is 39.3. The van der Waals surface area contributed by atoms with Gasteiger partial charge in [0.25, 0.3) is 0 Å². The molecule has 0 saturated heterocycles. The highest BCUT2D eigenvalue weighted by molar-refractivity contribution is 5.70. The molecule has 0 heterocycles. The van der Waals surface area contributed by atoms with Gasteiger partial charge in [-0.15, -0.1) is 0 Å². The minimum absolute atomic E-state index is 0.0114. The van der Waals surface area contributed by atoms with Crippen LogP contribution in [0.4, 0.5) is 0 Å². The lowest BCUT2D eigenvalue weighted by Crippen LogP contribution is -2.55. The summed E-state index contributed by atoms with van der Waals surface area (Å²) >= 11 is 0. The van der Waals surface area contributed by atoms with E-state index in [1.165, 1.54) is 6.42 Å². The molecule has 0 aliphatic heterocycles. The Labute approximate surface area is 323 Å². The topological polar surface area (TPSA) is 102 Å². The average molecular weight is 740 g/mol. The number of carbonyl (C=O) groups excluding carboxylic acids is 3. The summed E-state index contributed by atoms with van der Waals surface area (Å²) in [6.07, 6.45) is 45.1. The number of esters is 2. The second kappa shape index (κ2) is 35.5. The molecule has 0 saturated carbocycles. The summed E-state index contributed by atoms with van der Waals surface area (Å²) in [5.74, 6) is -1.86. The standard InChI is InChI=1S/C45H73NO7/c1-6-8-10-12-14-15-16-17-18-19-20-21-22-23-24-25-26-27-28-30-32-34-36-44(48)53-41(39-51-38-37-42(45(49)50)46(3,4)5)40-52-43(47)35-33-31-29-13-11-9-7-2/h8-11,14-15,17-18,20-21,23-24,29,31,41-42H,6-7,12-13,16,19,22,25-28,30,32-40H2,1-5H3/b10-8+,11-9+,15-14+,18-17+,21-20+,24-23+,31-29+. The van der Waals surface area contributed by atoms with Gasteiger partial charge in [-0.1, -0.05) is 125 Å². The van der Waals surface area contributed by atoms with Crippen LogP contribution in [0.5, 0.6) is 0 Å². The van der Waals surface area contributed by atoms with Gasteiger partial charge >= 0.3 is 11.9 Å². The second-order valence-corrected chi connectivity index (χ2v) is 14.1. The van der Waals surface area contributed by atoms with E-state index in [-0.39, 0.29) is 55.5 Å². The largest absolute Gasteiger partial charge is 0.544 e. The normalized spacial score (nSPS) is 13.9. The number of carboxylic acid groups (broad SMARTS) is 1. The molecular formula is C45H73NO7. The van der Waals surface area contributed by atoms with Crippen LogP contribution in [0.1, 0.15) is 129 Å². The van der Waals surface area contributed by atoms with Crippen LogP contribution in [0.15, 0.2) is 85.1 Å². The molecule has 53 heavy (non-hydrogen) atoms. The number of quaternary nitrogens is 1. The Hall–Kier alpha value is -3.49. The smallest absolute Gasteiger partial charge is 0.306 e. The van der Waals surface area contributed by atoms with Crippen molar-refractivity contribution in [2.75, 3.05) is 41.0 Å². The minimum Gasteiger partial charge on any atom is -0.544 e. The van der Waals surface area contributed by atoms with Crippen molar-refractivity contribution in [2.45, 2.75) is 142 Å². The highest BCUT2D eigenvalue weighted by Crippen LogP contribution is 2.12.